The van der Waals surface area contributed by atoms with Crippen LogP contribution in [0.4, 0.5) is 5.69 Å². The third-order valence-corrected chi connectivity index (χ3v) is 13.6. The summed E-state index contributed by atoms with van der Waals surface area (Å²) in [4.78, 5) is 16.0. The molecule has 1 amide bonds. The molecule has 1 saturated carbocycles. The minimum absolute atomic E-state index is 0.0430. The van der Waals surface area contributed by atoms with Gasteiger partial charge in [0.15, 0.2) is 0 Å². The SMILES string of the molecule is C=S1(=O)NC(=O)c2ccc3c(c2)N(C[C@@H]2CC[C@H]2[C@@H]([C@H](O)CC)/C=C/C[C@H](C)[C@H]1C)C[C@@]1(CCCc2cc(Cl)ccc21)CO3. The molecule has 6 nitrogen and oxygen atoms in total. The number of rotatable bonds is 2. The van der Waals surface area contributed by atoms with Gasteiger partial charge in [-0.3, -0.25) is 9.52 Å². The second kappa shape index (κ2) is 12.4. The van der Waals surface area contributed by atoms with E-state index < -0.39 is 15.8 Å². The molecule has 2 bridgehead atoms. The predicted molar refractivity (Wildman–Crippen MR) is 181 cm³/mol. The molecule has 2 aliphatic carbocycles. The van der Waals surface area contributed by atoms with Crippen molar-refractivity contribution in [1.29, 1.82) is 0 Å². The van der Waals surface area contributed by atoms with Crippen molar-refractivity contribution in [1.82, 2.24) is 4.72 Å². The number of hydrogen-bond acceptors (Lipinski definition) is 5. The quantitative estimate of drug-likeness (QED) is 0.287. The van der Waals surface area contributed by atoms with E-state index in [2.05, 4.69) is 53.6 Å². The lowest BCUT2D eigenvalue weighted by molar-refractivity contribution is 0.0313. The number of aliphatic hydroxyl groups excluding tert-OH is 1. The van der Waals surface area contributed by atoms with E-state index >= 15 is 0 Å². The minimum atomic E-state index is -2.92. The van der Waals surface area contributed by atoms with Gasteiger partial charge in [-0.25, -0.2) is 4.21 Å². The van der Waals surface area contributed by atoms with Crippen LogP contribution in [-0.4, -0.2) is 52.1 Å². The summed E-state index contributed by atoms with van der Waals surface area (Å²) in [5.74, 6) is 5.26. The van der Waals surface area contributed by atoms with Crippen LogP contribution in [0.3, 0.4) is 0 Å². The molecule has 8 heteroatoms. The lowest BCUT2D eigenvalue weighted by Gasteiger charge is -2.47. The molecule has 1 fully saturated rings. The van der Waals surface area contributed by atoms with Crippen molar-refractivity contribution in [3.05, 3.63) is 70.3 Å². The summed E-state index contributed by atoms with van der Waals surface area (Å²) < 4.78 is 23.2. The van der Waals surface area contributed by atoms with Crippen LogP contribution in [0.15, 0.2) is 48.6 Å². The van der Waals surface area contributed by atoms with Gasteiger partial charge < -0.3 is 14.7 Å². The largest absolute Gasteiger partial charge is 0.490 e. The lowest BCUT2D eigenvalue weighted by atomic mass is 9.64. The molecule has 0 aromatic heterocycles. The monoisotopic (exact) mass is 638 g/mol. The van der Waals surface area contributed by atoms with Gasteiger partial charge in [0, 0.05) is 40.3 Å². The number of nitrogens with one attached hydrogen (secondary N) is 1. The molecule has 44 heavy (non-hydrogen) atoms. The molecule has 8 atom stereocenters. The Bertz CT molecular complexity index is 1540. The first-order chi connectivity index (χ1) is 21.0. The maximum Gasteiger partial charge on any atom is 0.262 e. The fourth-order valence-electron chi connectivity index (χ4n) is 8.02. The smallest absolute Gasteiger partial charge is 0.262 e. The number of fused-ring (bicyclic) bond motifs is 4. The summed E-state index contributed by atoms with van der Waals surface area (Å²) in [5, 5.41) is 11.6. The Morgan fingerprint density at radius 1 is 1.23 bits per heavy atom. The third kappa shape index (κ3) is 5.92. The number of nitrogens with zero attached hydrogens (tertiary/aromatic N) is 1. The van der Waals surface area contributed by atoms with Crippen LogP contribution < -0.4 is 14.4 Å². The molecule has 0 saturated heterocycles. The highest BCUT2D eigenvalue weighted by Crippen LogP contribution is 2.48. The summed E-state index contributed by atoms with van der Waals surface area (Å²) >= 11 is 6.44. The Labute approximate surface area is 268 Å². The number of benzene rings is 2. The van der Waals surface area contributed by atoms with Gasteiger partial charge in [-0.15, -0.1) is 0 Å². The zero-order valence-electron chi connectivity index (χ0n) is 26.3. The number of carbonyl (C=O) groups is 1. The first kappa shape index (κ1) is 31.5. The van der Waals surface area contributed by atoms with Gasteiger partial charge in [-0.2, -0.15) is 0 Å². The molecule has 1 spiro atoms. The van der Waals surface area contributed by atoms with Crippen molar-refractivity contribution in [2.24, 2.45) is 23.7 Å². The van der Waals surface area contributed by atoms with E-state index in [1.54, 1.807) is 6.07 Å². The number of aryl methyl sites for hydroxylation is 1. The number of halogens is 1. The highest BCUT2D eigenvalue weighted by molar-refractivity contribution is 7.99. The summed E-state index contributed by atoms with van der Waals surface area (Å²) in [5.41, 5.74) is 3.73. The average Bonchev–Trinajstić information content (AvgIpc) is 3.13. The fraction of sp³-hybridized carbons (Fsp3) is 0.556. The van der Waals surface area contributed by atoms with E-state index in [-0.39, 0.29) is 28.4 Å². The summed E-state index contributed by atoms with van der Waals surface area (Å²) in [6.45, 7) is 8.14. The van der Waals surface area contributed by atoms with Crippen LogP contribution in [-0.2, 0) is 21.5 Å². The van der Waals surface area contributed by atoms with Crippen molar-refractivity contribution >= 4 is 38.8 Å². The number of hydrogen-bond donors (Lipinski definition) is 2. The van der Waals surface area contributed by atoms with Crippen molar-refractivity contribution in [2.75, 3.05) is 24.6 Å². The number of amides is 1. The van der Waals surface area contributed by atoms with Crippen LogP contribution in [0.1, 0.15) is 80.8 Å². The molecular weight excluding hydrogens is 592 g/mol. The van der Waals surface area contributed by atoms with Crippen LogP contribution in [0.2, 0.25) is 5.02 Å². The van der Waals surface area contributed by atoms with Gasteiger partial charge in [0.1, 0.15) is 5.75 Å². The molecule has 2 N–H and O–H groups in total. The number of ether oxygens (including phenoxy) is 1. The number of anilines is 1. The highest BCUT2D eigenvalue weighted by atomic mass is 35.5. The summed E-state index contributed by atoms with van der Waals surface area (Å²) in [6, 6.07) is 11.9. The number of carbonyl (C=O) groups excluding carboxylic acids is 1. The van der Waals surface area contributed by atoms with E-state index in [4.69, 9.17) is 16.3 Å². The second-order valence-corrected chi connectivity index (χ2v) is 16.7. The lowest BCUT2D eigenvalue weighted by Crippen LogP contribution is -2.49. The van der Waals surface area contributed by atoms with Gasteiger partial charge in [0.2, 0.25) is 0 Å². The van der Waals surface area contributed by atoms with Crippen molar-refractivity contribution in [3.63, 3.8) is 0 Å². The molecule has 6 rings (SSSR count). The van der Waals surface area contributed by atoms with Gasteiger partial charge >= 0.3 is 0 Å². The Hall–Kier alpha value is -2.48. The van der Waals surface area contributed by atoms with E-state index in [0.717, 1.165) is 61.7 Å². The molecule has 2 heterocycles. The van der Waals surface area contributed by atoms with Gasteiger partial charge in [0.05, 0.1) is 28.1 Å². The van der Waals surface area contributed by atoms with Crippen molar-refractivity contribution in [2.45, 2.75) is 82.5 Å². The maximum atomic E-state index is 13.7. The van der Waals surface area contributed by atoms with E-state index in [1.165, 1.54) is 11.1 Å². The molecule has 2 aliphatic heterocycles. The van der Waals surface area contributed by atoms with Gasteiger partial charge in [0.25, 0.3) is 5.91 Å². The van der Waals surface area contributed by atoms with E-state index in [1.807, 2.05) is 25.1 Å². The molecular formula is C36H47ClN2O4S. The van der Waals surface area contributed by atoms with Gasteiger partial charge in [-0.1, -0.05) is 43.7 Å². The van der Waals surface area contributed by atoms with E-state index in [9.17, 15) is 14.1 Å². The second-order valence-electron chi connectivity index (χ2n) is 13.8. The summed E-state index contributed by atoms with van der Waals surface area (Å²) in [7, 11) is -2.92. The average molecular weight is 639 g/mol. The Morgan fingerprint density at radius 2 is 2.05 bits per heavy atom. The van der Waals surface area contributed by atoms with Gasteiger partial charge in [-0.05, 0) is 117 Å². The van der Waals surface area contributed by atoms with Crippen molar-refractivity contribution < 1.29 is 18.8 Å². The summed E-state index contributed by atoms with van der Waals surface area (Å²) in [6.07, 6.45) is 10.6. The minimum Gasteiger partial charge on any atom is -0.490 e. The first-order valence-corrected chi connectivity index (χ1v) is 18.5. The number of aliphatic hydroxyl groups is 1. The third-order valence-electron chi connectivity index (χ3n) is 11.1. The van der Waals surface area contributed by atoms with Crippen LogP contribution in [0.5, 0.6) is 5.75 Å². The zero-order valence-corrected chi connectivity index (χ0v) is 27.8. The standard InChI is InChI=1S/C36H47ClN2O4S/c1-5-33(40)30-10-6-8-23(2)24(3)44(4,42)38-35(41)26-12-16-34-32(19-26)39(20-27-11-14-29(27)30)21-36(22-43-34)17-7-9-25-18-28(37)13-15-31(25)36/h6,10,12-13,15-16,18-19,23-24,27,29-30,33,40H,4-5,7-9,11,14,17,20-22H2,1-3H3,(H,38,41,42)/b10-6+/t23-,24+,27-,29+,30-,33+,36-,44?/m0/s1. The van der Waals surface area contributed by atoms with Crippen LogP contribution in [0, 0.1) is 23.7 Å². The highest BCUT2D eigenvalue weighted by Gasteiger charge is 2.45. The Kier molecular flexibility index (Phi) is 8.86. The van der Waals surface area contributed by atoms with Crippen LogP contribution in [0.25, 0.3) is 0 Å². The molecule has 4 aliphatic rings. The predicted octanol–water partition coefficient (Wildman–Crippen LogP) is 6.57. The van der Waals surface area contributed by atoms with E-state index in [0.29, 0.717) is 36.8 Å². The Balaban J connectivity index is 1.44. The zero-order chi connectivity index (χ0) is 31.2. The molecule has 2 aromatic rings. The van der Waals surface area contributed by atoms with Crippen molar-refractivity contribution in [3.8, 4) is 5.75 Å². The molecule has 0 radical (unpaired) electrons. The molecule has 238 valence electrons. The number of allylic oxidation sites excluding steroid dienone is 1. The molecule has 2 aromatic carbocycles. The Morgan fingerprint density at radius 3 is 2.80 bits per heavy atom. The normalized spacial score (nSPS) is 35.2. The first-order valence-electron chi connectivity index (χ1n) is 16.3. The van der Waals surface area contributed by atoms with Crippen LogP contribution >= 0.6 is 11.6 Å². The molecule has 1 unspecified atom stereocenters. The topological polar surface area (TPSA) is 78.9 Å². The fourth-order valence-corrected chi connectivity index (χ4v) is 9.69. The maximum absolute atomic E-state index is 13.7.